The Kier molecular flexibility index (Phi) is 3.40. The SMILES string of the molecule is O=S1(=O)CCCC(C(O)c2ccc(O)cc2)C1. The number of phenolic OH excluding ortho intramolecular Hbond substituents is 1. The Labute approximate surface area is 101 Å². The maximum absolute atomic E-state index is 11.5. The summed E-state index contributed by atoms with van der Waals surface area (Å²) in [7, 11) is -3.00. The Bertz CT molecular complexity index is 478. The van der Waals surface area contributed by atoms with Crippen LogP contribution in [0.2, 0.25) is 0 Å². The van der Waals surface area contributed by atoms with E-state index in [1.54, 1.807) is 12.1 Å². The maximum atomic E-state index is 11.5. The Morgan fingerprint density at radius 1 is 1.24 bits per heavy atom. The summed E-state index contributed by atoms with van der Waals surface area (Å²) in [6, 6.07) is 6.24. The first-order valence-corrected chi connectivity index (χ1v) is 7.47. The Hall–Kier alpha value is -1.07. The van der Waals surface area contributed by atoms with Crippen molar-refractivity contribution in [1.29, 1.82) is 0 Å². The highest BCUT2D eigenvalue weighted by molar-refractivity contribution is 7.91. The van der Waals surface area contributed by atoms with Crippen LogP contribution in [0, 0.1) is 5.92 Å². The second-order valence-electron chi connectivity index (χ2n) is 4.55. The van der Waals surface area contributed by atoms with Gasteiger partial charge in [0.15, 0.2) is 9.84 Å². The Balaban J connectivity index is 2.14. The van der Waals surface area contributed by atoms with Gasteiger partial charge in [0.05, 0.1) is 17.6 Å². The summed E-state index contributed by atoms with van der Waals surface area (Å²) in [6.07, 6.45) is 0.564. The lowest BCUT2D eigenvalue weighted by atomic mass is 9.93. The quantitative estimate of drug-likeness (QED) is 0.835. The van der Waals surface area contributed by atoms with Gasteiger partial charge in [0.2, 0.25) is 0 Å². The molecule has 1 aromatic rings. The summed E-state index contributed by atoms with van der Waals surface area (Å²) in [5, 5.41) is 19.3. The van der Waals surface area contributed by atoms with Crippen LogP contribution in [-0.2, 0) is 9.84 Å². The van der Waals surface area contributed by atoms with Crippen molar-refractivity contribution in [1.82, 2.24) is 0 Å². The molecule has 5 heteroatoms. The molecule has 94 valence electrons. The zero-order chi connectivity index (χ0) is 12.5. The number of hydrogen-bond acceptors (Lipinski definition) is 4. The Morgan fingerprint density at radius 2 is 1.88 bits per heavy atom. The number of rotatable bonds is 2. The van der Waals surface area contributed by atoms with Crippen molar-refractivity contribution in [3.63, 3.8) is 0 Å². The second-order valence-corrected chi connectivity index (χ2v) is 6.78. The van der Waals surface area contributed by atoms with Gasteiger partial charge >= 0.3 is 0 Å². The van der Waals surface area contributed by atoms with E-state index in [1.165, 1.54) is 12.1 Å². The van der Waals surface area contributed by atoms with Gasteiger partial charge < -0.3 is 10.2 Å². The summed E-state index contributed by atoms with van der Waals surface area (Å²) in [5.74, 6) is 0.177. The molecule has 4 nitrogen and oxygen atoms in total. The molecule has 2 N–H and O–H groups in total. The standard InChI is InChI=1S/C12H16O4S/c13-11-5-3-9(4-6-11)12(14)10-2-1-7-17(15,16)8-10/h3-6,10,12-14H,1-2,7-8H2. The van der Waals surface area contributed by atoms with Crippen molar-refractivity contribution in [2.24, 2.45) is 5.92 Å². The van der Waals surface area contributed by atoms with Crippen molar-refractivity contribution in [2.75, 3.05) is 11.5 Å². The van der Waals surface area contributed by atoms with Crippen molar-refractivity contribution in [2.45, 2.75) is 18.9 Å². The molecule has 0 radical (unpaired) electrons. The third-order valence-electron chi connectivity index (χ3n) is 3.18. The molecule has 0 aliphatic carbocycles. The van der Waals surface area contributed by atoms with E-state index in [4.69, 9.17) is 5.11 Å². The molecule has 1 heterocycles. The number of phenols is 1. The highest BCUT2D eigenvalue weighted by atomic mass is 32.2. The molecule has 0 aromatic heterocycles. The predicted molar refractivity (Wildman–Crippen MR) is 64.4 cm³/mol. The molecule has 0 spiro atoms. The second kappa shape index (κ2) is 4.66. The first-order chi connectivity index (χ1) is 7.98. The van der Waals surface area contributed by atoms with Crippen LogP contribution in [0.15, 0.2) is 24.3 Å². The highest BCUT2D eigenvalue weighted by Crippen LogP contribution is 2.31. The molecular formula is C12H16O4S. The maximum Gasteiger partial charge on any atom is 0.150 e. The minimum absolute atomic E-state index is 0.0506. The van der Waals surface area contributed by atoms with E-state index in [-0.39, 0.29) is 23.2 Å². The molecular weight excluding hydrogens is 240 g/mol. The number of sulfone groups is 1. The van der Waals surface area contributed by atoms with Gasteiger partial charge in [-0.2, -0.15) is 0 Å². The van der Waals surface area contributed by atoms with Crippen LogP contribution in [0.3, 0.4) is 0 Å². The van der Waals surface area contributed by atoms with E-state index in [1.807, 2.05) is 0 Å². The average molecular weight is 256 g/mol. The zero-order valence-corrected chi connectivity index (χ0v) is 10.2. The van der Waals surface area contributed by atoms with E-state index < -0.39 is 15.9 Å². The molecule has 0 saturated carbocycles. The van der Waals surface area contributed by atoms with Crippen LogP contribution in [0.1, 0.15) is 24.5 Å². The smallest absolute Gasteiger partial charge is 0.150 e. The molecule has 1 aromatic carbocycles. The summed E-state index contributed by atoms with van der Waals surface area (Å²) < 4.78 is 23.0. The average Bonchev–Trinajstić information content (AvgIpc) is 2.28. The summed E-state index contributed by atoms with van der Waals surface area (Å²) in [5.41, 5.74) is 0.657. The van der Waals surface area contributed by atoms with E-state index in [9.17, 15) is 13.5 Å². The number of aliphatic hydroxyl groups excluding tert-OH is 1. The molecule has 1 saturated heterocycles. The van der Waals surface area contributed by atoms with Crippen LogP contribution in [0.5, 0.6) is 5.75 Å². The predicted octanol–water partition coefficient (Wildman–Crippen LogP) is 1.25. The van der Waals surface area contributed by atoms with Crippen molar-refractivity contribution in [3.05, 3.63) is 29.8 Å². The first kappa shape index (κ1) is 12.4. The van der Waals surface area contributed by atoms with Crippen molar-refractivity contribution in [3.8, 4) is 5.75 Å². The lowest BCUT2D eigenvalue weighted by molar-refractivity contribution is 0.111. The molecule has 0 amide bonds. The summed E-state index contributed by atoms with van der Waals surface area (Å²) in [6.45, 7) is 0. The zero-order valence-electron chi connectivity index (χ0n) is 9.41. The van der Waals surface area contributed by atoms with Gasteiger partial charge in [0.1, 0.15) is 5.75 Å². The van der Waals surface area contributed by atoms with E-state index >= 15 is 0 Å². The Morgan fingerprint density at radius 3 is 2.47 bits per heavy atom. The fourth-order valence-corrected chi connectivity index (χ4v) is 4.03. The molecule has 2 rings (SSSR count). The third kappa shape index (κ3) is 2.98. The van der Waals surface area contributed by atoms with Gasteiger partial charge in [-0.05, 0) is 30.5 Å². The van der Waals surface area contributed by atoms with Crippen molar-refractivity contribution < 1.29 is 18.6 Å². The van der Waals surface area contributed by atoms with Crippen LogP contribution in [-0.4, -0.2) is 30.1 Å². The van der Waals surface area contributed by atoms with Gasteiger partial charge in [-0.3, -0.25) is 0 Å². The normalized spacial score (nSPS) is 25.4. The van der Waals surface area contributed by atoms with E-state index in [2.05, 4.69) is 0 Å². The largest absolute Gasteiger partial charge is 0.508 e. The highest BCUT2D eigenvalue weighted by Gasteiger charge is 2.30. The van der Waals surface area contributed by atoms with Gasteiger partial charge in [0.25, 0.3) is 0 Å². The summed E-state index contributed by atoms with van der Waals surface area (Å²) >= 11 is 0. The third-order valence-corrected chi connectivity index (χ3v) is 5.03. The number of aliphatic hydroxyl groups is 1. The van der Waals surface area contributed by atoms with Gasteiger partial charge in [0, 0.05) is 5.92 Å². The summed E-state index contributed by atoms with van der Waals surface area (Å²) in [4.78, 5) is 0. The van der Waals surface area contributed by atoms with Crippen molar-refractivity contribution >= 4 is 9.84 Å². The number of benzene rings is 1. The lowest BCUT2D eigenvalue weighted by Gasteiger charge is -2.26. The van der Waals surface area contributed by atoms with Gasteiger partial charge in [-0.15, -0.1) is 0 Å². The first-order valence-electron chi connectivity index (χ1n) is 5.65. The molecule has 17 heavy (non-hydrogen) atoms. The van der Waals surface area contributed by atoms with Crippen LogP contribution < -0.4 is 0 Å². The van der Waals surface area contributed by atoms with Gasteiger partial charge in [-0.1, -0.05) is 12.1 Å². The topological polar surface area (TPSA) is 74.6 Å². The minimum atomic E-state index is -3.00. The fraction of sp³-hybridized carbons (Fsp3) is 0.500. The minimum Gasteiger partial charge on any atom is -0.508 e. The van der Waals surface area contributed by atoms with Crippen LogP contribution >= 0.6 is 0 Å². The van der Waals surface area contributed by atoms with Crippen LogP contribution in [0.25, 0.3) is 0 Å². The molecule has 2 atom stereocenters. The molecule has 1 aliphatic rings. The number of hydrogen-bond donors (Lipinski definition) is 2. The van der Waals surface area contributed by atoms with E-state index in [0.29, 0.717) is 12.0 Å². The van der Waals surface area contributed by atoms with E-state index in [0.717, 1.165) is 6.42 Å². The molecule has 0 bridgehead atoms. The monoisotopic (exact) mass is 256 g/mol. The van der Waals surface area contributed by atoms with Gasteiger partial charge in [-0.25, -0.2) is 8.42 Å². The molecule has 1 aliphatic heterocycles. The fourth-order valence-electron chi connectivity index (χ4n) is 2.25. The van der Waals surface area contributed by atoms with Crippen LogP contribution in [0.4, 0.5) is 0 Å². The molecule has 1 fully saturated rings. The lowest BCUT2D eigenvalue weighted by Crippen LogP contribution is -2.29. The molecule has 2 unspecified atom stereocenters. The number of aromatic hydroxyl groups is 1.